The third-order valence-corrected chi connectivity index (χ3v) is 4.30. The van der Waals surface area contributed by atoms with Gasteiger partial charge in [0, 0.05) is 11.1 Å². The molecule has 0 saturated carbocycles. The summed E-state index contributed by atoms with van der Waals surface area (Å²) in [6.07, 6.45) is 0. The maximum Gasteiger partial charge on any atom is 0.195 e. The Bertz CT molecular complexity index is 882. The van der Waals surface area contributed by atoms with Crippen LogP contribution in [0.4, 0.5) is 0 Å². The lowest BCUT2D eigenvalue weighted by atomic mass is 9.94. The average Bonchev–Trinajstić information content (AvgIpc) is 2.69. The van der Waals surface area contributed by atoms with Crippen LogP contribution in [-0.4, -0.2) is 12.9 Å². The first-order chi connectivity index (χ1) is 12.2. The highest BCUT2D eigenvalue weighted by Gasteiger charge is 2.19. The standard InChI is InChI=1S/C22H17ClO2/c1-25-19-14-12-18(13-15-19)22(24)20(16-8-4-2-5-9-16)21(23)17-10-6-3-7-11-17/h2-15H,1H3/b21-20-. The molecule has 0 radical (unpaired) electrons. The smallest absolute Gasteiger partial charge is 0.195 e. The van der Waals surface area contributed by atoms with Gasteiger partial charge in [-0.25, -0.2) is 0 Å². The molecule has 0 unspecified atom stereocenters. The second kappa shape index (κ2) is 7.82. The largest absolute Gasteiger partial charge is 0.497 e. The summed E-state index contributed by atoms with van der Waals surface area (Å²) >= 11 is 6.64. The summed E-state index contributed by atoms with van der Waals surface area (Å²) in [4.78, 5) is 13.2. The van der Waals surface area contributed by atoms with Gasteiger partial charge < -0.3 is 4.74 Å². The number of rotatable bonds is 5. The van der Waals surface area contributed by atoms with Crippen LogP contribution in [0.2, 0.25) is 0 Å². The van der Waals surface area contributed by atoms with Gasteiger partial charge in [0.15, 0.2) is 5.78 Å². The van der Waals surface area contributed by atoms with Gasteiger partial charge in [0.1, 0.15) is 5.75 Å². The third kappa shape index (κ3) is 3.81. The predicted octanol–water partition coefficient (Wildman–Crippen LogP) is 5.69. The average molecular weight is 349 g/mol. The molecule has 0 spiro atoms. The molecule has 0 N–H and O–H groups in total. The van der Waals surface area contributed by atoms with Crippen LogP contribution in [-0.2, 0) is 0 Å². The number of carbonyl (C=O) groups excluding carboxylic acids is 1. The van der Waals surface area contributed by atoms with E-state index in [4.69, 9.17) is 16.3 Å². The summed E-state index contributed by atoms with van der Waals surface area (Å²) in [5.41, 5.74) is 2.65. The first-order valence-electron chi connectivity index (χ1n) is 7.90. The number of benzene rings is 3. The zero-order valence-electron chi connectivity index (χ0n) is 13.8. The summed E-state index contributed by atoms with van der Waals surface area (Å²) in [5.74, 6) is 0.582. The lowest BCUT2D eigenvalue weighted by Crippen LogP contribution is -2.04. The Balaban J connectivity index is 2.13. The Morgan fingerprint density at radius 3 is 1.76 bits per heavy atom. The highest BCUT2D eigenvalue weighted by atomic mass is 35.5. The van der Waals surface area contributed by atoms with Crippen molar-refractivity contribution < 1.29 is 9.53 Å². The van der Waals surface area contributed by atoms with Gasteiger partial charge >= 0.3 is 0 Å². The Morgan fingerprint density at radius 2 is 1.24 bits per heavy atom. The zero-order valence-corrected chi connectivity index (χ0v) is 14.5. The molecule has 3 rings (SSSR count). The number of ketones is 1. The molecule has 3 aromatic carbocycles. The zero-order chi connectivity index (χ0) is 17.6. The Kier molecular flexibility index (Phi) is 5.32. The topological polar surface area (TPSA) is 26.3 Å². The number of hydrogen-bond donors (Lipinski definition) is 0. The molecule has 0 fully saturated rings. The molecular formula is C22H17ClO2. The van der Waals surface area contributed by atoms with Crippen molar-refractivity contribution in [1.82, 2.24) is 0 Å². The summed E-state index contributed by atoms with van der Waals surface area (Å²) in [5, 5.41) is 0.438. The molecule has 25 heavy (non-hydrogen) atoms. The van der Waals surface area contributed by atoms with Crippen LogP contribution in [0.25, 0.3) is 10.6 Å². The summed E-state index contributed by atoms with van der Waals surface area (Å²) in [6.45, 7) is 0. The fourth-order valence-corrected chi connectivity index (χ4v) is 2.90. The third-order valence-electron chi connectivity index (χ3n) is 3.89. The molecule has 0 atom stereocenters. The van der Waals surface area contributed by atoms with Crippen LogP contribution in [0, 0.1) is 0 Å². The van der Waals surface area contributed by atoms with Crippen molar-refractivity contribution in [2.24, 2.45) is 0 Å². The van der Waals surface area contributed by atoms with Crippen LogP contribution >= 0.6 is 11.6 Å². The van der Waals surface area contributed by atoms with E-state index in [2.05, 4.69) is 0 Å². The number of methoxy groups -OCH3 is 1. The normalized spacial score (nSPS) is 11.6. The minimum absolute atomic E-state index is 0.122. The van der Waals surface area contributed by atoms with Gasteiger partial charge in [-0.3, -0.25) is 4.79 Å². The minimum Gasteiger partial charge on any atom is -0.497 e. The van der Waals surface area contributed by atoms with Crippen molar-refractivity contribution in [2.75, 3.05) is 7.11 Å². The number of carbonyl (C=O) groups is 1. The van der Waals surface area contributed by atoms with Gasteiger partial charge in [0.25, 0.3) is 0 Å². The first-order valence-corrected chi connectivity index (χ1v) is 8.28. The van der Waals surface area contributed by atoms with Crippen molar-refractivity contribution in [1.29, 1.82) is 0 Å². The van der Waals surface area contributed by atoms with Crippen LogP contribution < -0.4 is 4.74 Å². The summed E-state index contributed by atoms with van der Waals surface area (Å²) in [6, 6.07) is 26.0. The molecule has 124 valence electrons. The second-order valence-corrected chi connectivity index (χ2v) is 5.86. The lowest BCUT2D eigenvalue weighted by Gasteiger charge is -2.11. The van der Waals surface area contributed by atoms with E-state index in [0.717, 1.165) is 11.1 Å². The molecule has 0 aliphatic heterocycles. The highest BCUT2D eigenvalue weighted by Crippen LogP contribution is 2.32. The Labute approximate surface area is 152 Å². The van der Waals surface area contributed by atoms with Crippen molar-refractivity contribution in [3.8, 4) is 5.75 Å². The van der Waals surface area contributed by atoms with E-state index in [1.165, 1.54) is 0 Å². The molecule has 0 aliphatic rings. The summed E-state index contributed by atoms with van der Waals surface area (Å²) in [7, 11) is 1.60. The highest BCUT2D eigenvalue weighted by molar-refractivity contribution is 6.58. The number of Topliss-reactive ketones (excluding diaryl/α,β-unsaturated/α-hetero) is 1. The fourth-order valence-electron chi connectivity index (χ4n) is 2.58. The molecule has 3 heteroatoms. The second-order valence-electron chi connectivity index (χ2n) is 5.48. The molecule has 0 saturated heterocycles. The monoisotopic (exact) mass is 348 g/mol. The number of ether oxygens (including phenoxy) is 1. The molecule has 0 heterocycles. The molecule has 0 bridgehead atoms. The number of hydrogen-bond acceptors (Lipinski definition) is 2. The minimum atomic E-state index is -0.122. The quantitative estimate of drug-likeness (QED) is 0.336. The molecule has 3 aromatic rings. The Morgan fingerprint density at radius 1 is 0.720 bits per heavy atom. The van der Waals surface area contributed by atoms with Crippen LogP contribution in [0.15, 0.2) is 84.9 Å². The van der Waals surface area contributed by atoms with Gasteiger partial charge in [0.2, 0.25) is 0 Å². The molecule has 0 aliphatic carbocycles. The van der Waals surface area contributed by atoms with Crippen LogP contribution in [0.3, 0.4) is 0 Å². The summed E-state index contributed by atoms with van der Waals surface area (Å²) < 4.78 is 5.16. The number of halogens is 1. The lowest BCUT2D eigenvalue weighted by molar-refractivity contribution is 0.105. The van der Waals surface area contributed by atoms with E-state index in [9.17, 15) is 4.79 Å². The molecule has 0 amide bonds. The van der Waals surface area contributed by atoms with Gasteiger partial charge in [0.05, 0.1) is 12.1 Å². The molecule has 0 aromatic heterocycles. The van der Waals surface area contributed by atoms with Gasteiger partial charge in [-0.15, -0.1) is 0 Å². The first kappa shape index (κ1) is 17.0. The fraction of sp³-hybridized carbons (Fsp3) is 0.0455. The number of allylic oxidation sites excluding steroid dienone is 1. The maximum atomic E-state index is 13.2. The van der Waals surface area contributed by atoms with E-state index in [1.807, 2.05) is 60.7 Å². The van der Waals surface area contributed by atoms with E-state index in [-0.39, 0.29) is 5.78 Å². The van der Waals surface area contributed by atoms with Crippen molar-refractivity contribution in [2.45, 2.75) is 0 Å². The van der Waals surface area contributed by atoms with Crippen LogP contribution in [0.1, 0.15) is 21.5 Å². The predicted molar refractivity (Wildman–Crippen MR) is 103 cm³/mol. The van der Waals surface area contributed by atoms with Crippen molar-refractivity contribution in [3.63, 3.8) is 0 Å². The van der Waals surface area contributed by atoms with E-state index in [1.54, 1.807) is 31.4 Å². The molecule has 2 nitrogen and oxygen atoms in total. The van der Waals surface area contributed by atoms with E-state index < -0.39 is 0 Å². The van der Waals surface area contributed by atoms with E-state index >= 15 is 0 Å². The van der Waals surface area contributed by atoms with Crippen molar-refractivity contribution in [3.05, 3.63) is 102 Å². The Hall–Kier alpha value is -2.84. The molecular weight excluding hydrogens is 332 g/mol. The van der Waals surface area contributed by atoms with Gasteiger partial charge in [-0.05, 0) is 35.4 Å². The maximum absolute atomic E-state index is 13.2. The van der Waals surface area contributed by atoms with Crippen molar-refractivity contribution >= 4 is 28.0 Å². The SMILES string of the molecule is COc1ccc(C(=O)/C(=C(\Cl)c2ccccc2)c2ccccc2)cc1. The van der Waals surface area contributed by atoms with Gasteiger partial charge in [-0.2, -0.15) is 0 Å². The van der Waals surface area contributed by atoms with Gasteiger partial charge in [-0.1, -0.05) is 72.3 Å². The van der Waals surface area contributed by atoms with E-state index in [0.29, 0.717) is 21.9 Å². The van der Waals surface area contributed by atoms with Crippen LogP contribution in [0.5, 0.6) is 5.75 Å².